The SMILES string of the molecule is Cc1ccc(-n2cnc(C)c2C)c(OC(F)(F)F)c1. The Kier molecular flexibility index (Phi) is 3.26. The minimum atomic E-state index is -4.72. The molecular weight excluding hydrogens is 257 g/mol. The number of ether oxygens (including phenoxy) is 1. The van der Waals surface area contributed by atoms with Gasteiger partial charge in [0.25, 0.3) is 0 Å². The number of imidazole rings is 1. The third kappa shape index (κ3) is 2.89. The summed E-state index contributed by atoms with van der Waals surface area (Å²) in [4.78, 5) is 4.08. The van der Waals surface area contributed by atoms with Crippen LogP contribution in [0.3, 0.4) is 0 Å². The minimum absolute atomic E-state index is 0.229. The van der Waals surface area contributed by atoms with Gasteiger partial charge in [0.05, 0.1) is 17.7 Å². The largest absolute Gasteiger partial charge is 0.573 e. The summed E-state index contributed by atoms with van der Waals surface area (Å²) in [6, 6.07) is 4.68. The van der Waals surface area contributed by atoms with Gasteiger partial charge in [0, 0.05) is 5.69 Å². The van der Waals surface area contributed by atoms with Crippen molar-refractivity contribution in [2.75, 3.05) is 0 Å². The molecule has 0 fully saturated rings. The summed E-state index contributed by atoms with van der Waals surface area (Å²) in [6.07, 6.45) is -3.23. The van der Waals surface area contributed by atoms with E-state index < -0.39 is 6.36 Å². The minimum Gasteiger partial charge on any atom is -0.404 e. The number of nitrogens with zero attached hydrogens (tertiary/aromatic N) is 2. The fourth-order valence-electron chi connectivity index (χ4n) is 1.77. The van der Waals surface area contributed by atoms with E-state index in [4.69, 9.17) is 0 Å². The van der Waals surface area contributed by atoms with Crippen molar-refractivity contribution < 1.29 is 17.9 Å². The molecule has 0 aliphatic rings. The third-order valence-electron chi connectivity index (χ3n) is 2.85. The average molecular weight is 270 g/mol. The van der Waals surface area contributed by atoms with Crippen LogP contribution in [0, 0.1) is 20.8 Å². The number of benzene rings is 1. The Morgan fingerprint density at radius 2 is 1.84 bits per heavy atom. The summed E-state index contributed by atoms with van der Waals surface area (Å²) in [7, 11) is 0. The first kappa shape index (κ1) is 13.5. The van der Waals surface area contributed by atoms with E-state index in [1.807, 2.05) is 0 Å². The van der Waals surface area contributed by atoms with Crippen molar-refractivity contribution in [3.05, 3.63) is 41.5 Å². The molecule has 102 valence electrons. The van der Waals surface area contributed by atoms with Gasteiger partial charge in [0.1, 0.15) is 0 Å². The second-order valence-electron chi connectivity index (χ2n) is 4.30. The van der Waals surface area contributed by atoms with Crippen LogP contribution in [0.15, 0.2) is 24.5 Å². The van der Waals surface area contributed by atoms with Crippen molar-refractivity contribution in [3.63, 3.8) is 0 Å². The van der Waals surface area contributed by atoms with E-state index in [-0.39, 0.29) is 5.75 Å². The maximum atomic E-state index is 12.4. The summed E-state index contributed by atoms with van der Waals surface area (Å²) in [6.45, 7) is 5.29. The Balaban J connectivity index is 2.54. The number of alkyl halides is 3. The van der Waals surface area contributed by atoms with Crippen LogP contribution in [0.2, 0.25) is 0 Å². The highest BCUT2D eigenvalue weighted by molar-refractivity contribution is 5.50. The van der Waals surface area contributed by atoms with Gasteiger partial charge in [-0.3, -0.25) is 4.57 Å². The molecule has 19 heavy (non-hydrogen) atoms. The third-order valence-corrected chi connectivity index (χ3v) is 2.85. The van der Waals surface area contributed by atoms with Crippen LogP contribution in [0.25, 0.3) is 5.69 Å². The van der Waals surface area contributed by atoms with E-state index in [0.717, 1.165) is 11.4 Å². The second-order valence-corrected chi connectivity index (χ2v) is 4.30. The van der Waals surface area contributed by atoms with Crippen LogP contribution >= 0.6 is 0 Å². The van der Waals surface area contributed by atoms with Gasteiger partial charge in [-0.2, -0.15) is 0 Å². The van der Waals surface area contributed by atoms with Crippen LogP contribution in [0.1, 0.15) is 17.0 Å². The van der Waals surface area contributed by atoms with Crippen molar-refractivity contribution in [3.8, 4) is 11.4 Å². The fourth-order valence-corrected chi connectivity index (χ4v) is 1.77. The van der Waals surface area contributed by atoms with E-state index >= 15 is 0 Å². The van der Waals surface area contributed by atoms with Gasteiger partial charge in [-0.15, -0.1) is 13.2 Å². The normalized spacial score (nSPS) is 11.7. The fraction of sp³-hybridized carbons (Fsp3) is 0.308. The molecule has 0 saturated heterocycles. The highest BCUT2D eigenvalue weighted by Gasteiger charge is 2.32. The maximum Gasteiger partial charge on any atom is 0.573 e. The van der Waals surface area contributed by atoms with E-state index in [0.29, 0.717) is 11.3 Å². The summed E-state index contributed by atoms with van der Waals surface area (Å²) < 4.78 is 42.9. The van der Waals surface area contributed by atoms with Gasteiger partial charge in [-0.1, -0.05) is 6.07 Å². The zero-order valence-electron chi connectivity index (χ0n) is 10.7. The first-order chi connectivity index (χ1) is 8.78. The molecule has 1 aromatic carbocycles. The average Bonchev–Trinajstić information content (AvgIpc) is 2.58. The predicted molar refractivity (Wildman–Crippen MR) is 64.5 cm³/mol. The molecule has 3 nitrogen and oxygen atoms in total. The number of hydrogen-bond donors (Lipinski definition) is 0. The number of halogens is 3. The van der Waals surface area contributed by atoms with Crippen LogP contribution in [-0.2, 0) is 0 Å². The van der Waals surface area contributed by atoms with Gasteiger partial charge in [0.2, 0.25) is 0 Å². The van der Waals surface area contributed by atoms with Crippen molar-refractivity contribution in [2.45, 2.75) is 27.1 Å². The lowest BCUT2D eigenvalue weighted by Crippen LogP contribution is -2.18. The molecule has 0 unspecified atom stereocenters. The molecule has 0 spiro atoms. The first-order valence-electron chi connectivity index (χ1n) is 5.65. The summed E-state index contributed by atoms with van der Waals surface area (Å²) in [5.74, 6) is -0.229. The van der Waals surface area contributed by atoms with Gasteiger partial charge in [-0.25, -0.2) is 4.98 Å². The Morgan fingerprint density at radius 3 is 2.37 bits per heavy atom. The van der Waals surface area contributed by atoms with Crippen molar-refractivity contribution in [1.29, 1.82) is 0 Å². The zero-order valence-corrected chi connectivity index (χ0v) is 10.7. The van der Waals surface area contributed by atoms with Crippen molar-refractivity contribution in [1.82, 2.24) is 9.55 Å². The maximum absolute atomic E-state index is 12.4. The van der Waals surface area contributed by atoms with E-state index in [1.165, 1.54) is 12.4 Å². The topological polar surface area (TPSA) is 27.1 Å². The van der Waals surface area contributed by atoms with Crippen LogP contribution in [0.5, 0.6) is 5.75 Å². The van der Waals surface area contributed by atoms with Gasteiger partial charge < -0.3 is 4.74 Å². The number of aryl methyl sites for hydroxylation is 2. The first-order valence-corrected chi connectivity index (χ1v) is 5.65. The highest BCUT2D eigenvalue weighted by atomic mass is 19.4. The lowest BCUT2D eigenvalue weighted by molar-refractivity contribution is -0.274. The van der Waals surface area contributed by atoms with Crippen molar-refractivity contribution >= 4 is 0 Å². The molecule has 0 radical (unpaired) electrons. The van der Waals surface area contributed by atoms with E-state index in [1.54, 1.807) is 37.5 Å². The molecule has 1 aromatic heterocycles. The van der Waals surface area contributed by atoms with Crippen LogP contribution in [-0.4, -0.2) is 15.9 Å². The summed E-state index contributed by atoms with van der Waals surface area (Å²) in [5, 5.41) is 0. The number of aromatic nitrogens is 2. The highest BCUT2D eigenvalue weighted by Crippen LogP contribution is 2.31. The Bertz CT molecular complexity index is 602. The summed E-state index contributed by atoms with van der Waals surface area (Å²) in [5.41, 5.74) is 2.55. The molecule has 0 atom stereocenters. The molecule has 2 rings (SSSR count). The van der Waals surface area contributed by atoms with Crippen LogP contribution in [0.4, 0.5) is 13.2 Å². The van der Waals surface area contributed by atoms with Crippen LogP contribution < -0.4 is 4.74 Å². The predicted octanol–water partition coefficient (Wildman–Crippen LogP) is 3.70. The van der Waals surface area contributed by atoms with Crippen molar-refractivity contribution in [2.24, 2.45) is 0 Å². The van der Waals surface area contributed by atoms with E-state index in [9.17, 15) is 13.2 Å². The molecule has 0 saturated carbocycles. The molecule has 0 aliphatic carbocycles. The Hall–Kier alpha value is -1.98. The lowest BCUT2D eigenvalue weighted by atomic mass is 10.2. The van der Waals surface area contributed by atoms with Gasteiger partial charge in [0.15, 0.2) is 5.75 Å². The zero-order chi connectivity index (χ0) is 14.2. The Morgan fingerprint density at radius 1 is 1.16 bits per heavy atom. The standard InChI is InChI=1S/C13H13F3N2O/c1-8-4-5-11(12(6-8)19-13(14,15)16)18-7-17-9(2)10(18)3/h4-7H,1-3H3. The molecule has 6 heteroatoms. The molecular formula is C13H13F3N2O. The molecule has 0 aliphatic heterocycles. The monoisotopic (exact) mass is 270 g/mol. The quantitative estimate of drug-likeness (QED) is 0.832. The van der Waals surface area contributed by atoms with Gasteiger partial charge >= 0.3 is 6.36 Å². The number of rotatable bonds is 2. The molecule has 2 aromatic rings. The number of hydrogen-bond acceptors (Lipinski definition) is 2. The molecule has 0 amide bonds. The van der Waals surface area contributed by atoms with Gasteiger partial charge in [-0.05, 0) is 38.5 Å². The molecule has 1 heterocycles. The lowest BCUT2D eigenvalue weighted by Gasteiger charge is -2.15. The molecule has 0 bridgehead atoms. The molecule has 0 N–H and O–H groups in total. The second kappa shape index (κ2) is 4.60. The smallest absolute Gasteiger partial charge is 0.404 e. The summed E-state index contributed by atoms with van der Waals surface area (Å²) >= 11 is 0. The van der Waals surface area contributed by atoms with E-state index in [2.05, 4.69) is 9.72 Å². The Labute approximate surface area is 108 Å².